The summed E-state index contributed by atoms with van der Waals surface area (Å²) in [6.07, 6.45) is 0. The van der Waals surface area contributed by atoms with Crippen molar-refractivity contribution in [1.29, 1.82) is 0 Å². The van der Waals surface area contributed by atoms with Gasteiger partial charge in [-0.25, -0.2) is 8.42 Å². The largest absolute Gasteiger partial charge is 0.387 e. The molecule has 0 aliphatic rings. The first kappa shape index (κ1) is 14.0. The van der Waals surface area contributed by atoms with Gasteiger partial charge in [0.2, 0.25) is 10.0 Å². The Bertz CT molecular complexity index is 469. The van der Waals surface area contributed by atoms with Crippen LogP contribution in [0.2, 0.25) is 0 Å². The standard InChI is InChI=1S/C12H20N2O2S/c1-5-14(10(2)3)17(15,16)12-9-7-6-8-11(12)13-4/h6-10,13H,5H2,1-4H3. The molecule has 1 aromatic carbocycles. The minimum Gasteiger partial charge on any atom is -0.387 e. The van der Waals surface area contributed by atoms with Gasteiger partial charge in [0, 0.05) is 19.6 Å². The summed E-state index contributed by atoms with van der Waals surface area (Å²) < 4.78 is 26.4. The number of benzene rings is 1. The molecule has 0 aliphatic carbocycles. The van der Waals surface area contributed by atoms with Crippen LogP contribution in [0.5, 0.6) is 0 Å². The molecule has 0 bridgehead atoms. The van der Waals surface area contributed by atoms with Crippen LogP contribution in [0.3, 0.4) is 0 Å². The predicted molar refractivity (Wildman–Crippen MR) is 70.7 cm³/mol. The van der Waals surface area contributed by atoms with E-state index in [1.165, 1.54) is 4.31 Å². The summed E-state index contributed by atoms with van der Waals surface area (Å²) in [5.74, 6) is 0. The van der Waals surface area contributed by atoms with E-state index in [4.69, 9.17) is 0 Å². The van der Waals surface area contributed by atoms with Gasteiger partial charge in [-0.05, 0) is 26.0 Å². The lowest BCUT2D eigenvalue weighted by molar-refractivity contribution is 0.369. The molecule has 0 radical (unpaired) electrons. The van der Waals surface area contributed by atoms with Crippen LogP contribution in [0.25, 0.3) is 0 Å². The molecule has 0 saturated carbocycles. The lowest BCUT2D eigenvalue weighted by Crippen LogP contribution is -2.36. The number of nitrogens with zero attached hydrogens (tertiary/aromatic N) is 1. The van der Waals surface area contributed by atoms with Gasteiger partial charge in [0.15, 0.2) is 0 Å². The van der Waals surface area contributed by atoms with Gasteiger partial charge in [0.1, 0.15) is 4.90 Å². The van der Waals surface area contributed by atoms with Crippen molar-refractivity contribution in [3.8, 4) is 0 Å². The Hall–Kier alpha value is -1.07. The summed E-state index contributed by atoms with van der Waals surface area (Å²) in [5, 5.41) is 2.91. The molecule has 96 valence electrons. The van der Waals surface area contributed by atoms with Gasteiger partial charge in [-0.2, -0.15) is 4.31 Å². The van der Waals surface area contributed by atoms with Crippen molar-refractivity contribution < 1.29 is 8.42 Å². The second kappa shape index (κ2) is 5.51. The van der Waals surface area contributed by atoms with Gasteiger partial charge in [0.25, 0.3) is 0 Å². The van der Waals surface area contributed by atoms with Gasteiger partial charge in [-0.1, -0.05) is 19.1 Å². The summed E-state index contributed by atoms with van der Waals surface area (Å²) in [4.78, 5) is 0.332. The monoisotopic (exact) mass is 256 g/mol. The summed E-state index contributed by atoms with van der Waals surface area (Å²) in [6.45, 7) is 6.07. The van der Waals surface area contributed by atoms with Crippen molar-refractivity contribution in [2.45, 2.75) is 31.7 Å². The maximum Gasteiger partial charge on any atom is 0.245 e. The normalized spacial score (nSPS) is 12.1. The highest BCUT2D eigenvalue weighted by atomic mass is 32.2. The SMILES string of the molecule is CCN(C(C)C)S(=O)(=O)c1ccccc1NC. The third-order valence-corrected chi connectivity index (χ3v) is 4.84. The van der Waals surface area contributed by atoms with Crippen LogP contribution >= 0.6 is 0 Å². The first-order valence-electron chi connectivity index (χ1n) is 5.73. The van der Waals surface area contributed by atoms with E-state index < -0.39 is 10.0 Å². The van der Waals surface area contributed by atoms with E-state index in [-0.39, 0.29) is 6.04 Å². The number of hydrogen-bond donors (Lipinski definition) is 1. The highest BCUT2D eigenvalue weighted by molar-refractivity contribution is 7.89. The average molecular weight is 256 g/mol. The highest BCUT2D eigenvalue weighted by Crippen LogP contribution is 2.25. The van der Waals surface area contributed by atoms with E-state index in [1.54, 1.807) is 25.2 Å². The van der Waals surface area contributed by atoms with E-state index in [2.05, 4.69) is 5.32 Å². The van der Waals surface area contributed by atoms with Crippen LogP contribution in [-0.2, 0) is 10.0 Å². The van der Waals surface area contributed by atoms with Crippen LogP contribution in [0.4, 0.5) is 5.69 Å². The van der Waals surface area contributed by atoms with Gasteiger partial charge in [-0.15, -0.1) is 0 Å². The lowest BCUT2D eigenvalue weighted by Gasteiger charge is -2.25. The fraction of sp³-hybridized carbons (Fsp3) is 0.500. The molecule has 0 aromatic heterocycles. The van der Waals surface area contributed by atoms with Gasteiger partial charge in [-0.3, -0.25) is 0 Å². The Labute approximate surface area is 104 Å². The molecule has 0 aliphatic heterocycles. The number of anilines is 1. The number of para-hydroxylation sites is 1. The van der Waals surface area contributed by atoms with Crippen molar-refractivity contribution >= 4 is 15.7 Å². The Morgan fingerprint density at radius 2 is 1.88 bits per heavy atom. The van der Waals surface area contributed by atoms with E-state index in [9.17, 15) is 8.42 Å². The van der Waals surface area contributed by atoms with Gasteiger partial charge < -0.3 is 5.32 Å². The van der Waals surface area contributed by atoms with Crippen LogP contribution < -0.4 is 5.32 Å². The van der Waals surface area contributed by atoms with E-state index >= 15 is 0 Å². The summed E-state index contributed by atoms with van der Waals surface area (Å²) >= 11 is 0. The van der Waals surface area contributed by atoms with Crippen LogP contribution in [0.15, 0.2) is 29.2 Å². The van der Waals surface area contributed by atoms with Gasteiger partial charge in [0.05, 0.1) is 5.69 Å². The van der Waals surface area contributed by atoms with Crippen molar-refractivity contribution in [2.75, 3.05) is 18.9 Å². The maximum absolute atomic E-state index is 12.5. The van der Waals surface area contributed by atoms with Crippen molar-refractivity contribution in [3.63, 3.8) is 0 Å². The summed E-state index contributed by atoms with van der Waals surface area (Å²) in [7, 11) is -1.70. The number of hydrogen-bond acceptors (Lipinski definition) is 3. The lowest BCUT2D eigenvalue weighted by atomic mass is 10.3. The van der Waals surface area contributed by atoms with E-state index in [1.807, 2.05) is 26.8 Å². The van der Waals surface area contributed by atoms with Crippen molar-refractivity contribution in [2.24, 2.45) is 0 Å². The molecule has 4 nitrogen and oxygen atoms in total. The molecule has 1 rings (SSSR count). The zero-order valence-electron chi connectivity index (χ0n) is 10.8. The predicted octanol–water partition coefficient (Wildman–Crippen LogP) is 2.15. The molecule has 0 heterocycles. The second-order valence-corrected chi connectivity index (χ2v) is 5.91. The molecular formula is C12H20N2O2S. The fourth-order valence-corrected chi connectivity index (χ4v) is 3.68. The molecule has 0 atom stereocenters. The molecule has 0 saturated heterocycles. The minimum atomic E-state index is -3.42. The highest BCUT2D eigenvalue weighted by Gasteiger charge is 2.27. The van der Waals surface area contributed by atoms with E-state index in [0.29, 0.717) is 17.1 Å². The van der Waals surface area contributed by atoms with Crippen LogP contribution in [-0.4, -0.2) is 32.4 Å². The Morgan fingerprint density at radius 1 is 1.29 bits per heavy atom. The van der Waals surface area contributed by atoms with Crippen LogP contribution in [0.1, 0.15) is 20.8 Å². The van der Waals surface area contributed by atoms with E-state index in [0.717, 1.165) is 0 Å². The Morgan fingerprint density at radius 3 is 2.35 bits per heavy atom. The Balaban J connectivity index is 3.30. The third-order valence-electron chi connectivity index (χ3n) is 2.63. The van der Waals surface area contributed by atoms with Crippen LogP contribution in [0, 0.1) is 0 Å². The fourth-order valence-electron chi connectivity index (χ4n) is 1.84. The summed E-state index contributed by atoms with van der Waals surface area (Å²) in [5.41, 5.74) is 0.631. The molecule has 0 amide bonds. The molecule has 0 fully saturated rings. The molecule has 1 aromatic rings. The smallest absolute Gasteiger partial charge is 0.245 e. The number of rotatable bonds is 5. The molecular weight excluding hydrogens is 236 g/mol. The average Bonchev–Trinajstić information content (AvgIpc) is 2.29. The number of sulfonamides is 1. The van der Waals surface area contributed by atoms with Gasteiger partial charge >= 0.3 is 0 Å². The zero-order valence-corrected chi connectivity index (χ0v) is 11.6. The molecule has 0 spiro atoms. The van der Waals surface area contributed by atoms with Crippen molar-refractivity contribution in [1.82, 2.24) is 4.31 Å². The zero-order chi connectivity index (χ0) is 13.1. The second-order valence-electron chi connectivity index (χ2n) is 4.05. The maximum atomic E-state index is 12.5. The Kier molecular flexibility index (Phi) is 4.54. The minimum absolute atomic E-state index is 0.0464. The molecule has 1 N–H and O–H groups in total. The van der Waals surface area contributed by atoms with Crippen molar-refractivity contribution in [3.05, 3.63) is 24.3 Å². The number of nitrogens with one attached hydrogen (secondary N) is 1. The summed E-state index contributed by atoms with van der Waals surface area (Å²) in [6, 6.07) is 6.90. The molecule has 17 heavy (non-hydrogen) atoms. The molecule has 5 heteroatoms. The third kappa shape index (κ3) is 2.79. The molecule has 0 unspecified atom stereocenters. The topological polar surface area (TPSA) is 49.4 Å². The quantitative estimate of drug-likeness (QED) is 0.878. The first-order chi connectivity index (χ1) is 7.95. The first-order valence-corrected chi connectivity index (χ1v) is 7.17.